The highest BCUT2D eigenvalue weighted by Gasteiger charge is 2.18. The summed E-state index contributed by atoms with van der Waals surface area (Å²) in [7, 11) is 0. The molecular formula is C18H16N2O3. The van der Waals surface area contributed by atoms with Gasteiger partial charge in [0.15, 0.2) is 0 Å². The third kappa shape index (κ3) is 3.14. The van der Waals surface area contributed by atoms with E-state index in [2.05, 4.69) is 10.3 Å². The molecule has 0 saturated carbocycles. The zero-order valence-electron chi connectivity index (χ0n) is 12.6. The lowest BCUT2D eigenvalue weighted by Crippen LogP contribution is -2.05. The van der Waals surface area contributed by atoms with Gasteiger partial charge < -0.3 is 9.52 Å². The molecule has 3 rings (SSSR count). The number of oxazole rings is 1. The molecule has 1 aromatic heterocycles. The highest BCUT2D eigenvalue weighted by Crippen LogP contribution is 2.34. The highest BCUT2D eigenvalue weighted by molar-refractivity contribution is 5.91. The van der Waals surface area contributed by atoms with Crippen molar-refractivity contribution in [1.29, 1.82) is 0 Å². The molecule has 0 saturated heterocycles. The number of aliphatic hydroxyl groups excluding tert-OH is 1. The molecule has 0 radical (unpaired) electrons. The van der Waals surface area contributed by atoms with Crippen molar-refractivity contribution < 1.29 is 14.3 Å². The SMILES string of the molecule is CC(=O)Nc1oc(-c2ccccc2CO)nc1-c1ccccc1. The van der Waals surface area contributed by atoms with E-state index in [1.807, 2.05) is 48.5 Å². The predicted molar refractivity (Wildman–Crippen MR) is 87.6 cm³/mol. The average Bonchev–Trinajstić information content (AvgIpc) is 2.98. The second kappa shape index (κ2) is 6.46. The molecule has 0 spiro atoms. The minimum absolute atomic E-state index is 0.116. The smallest absolute Gasteiger partial charge is 0.229 e. The Hall–Kier alpha value is -2.92. The molecule has 5 nitrogen and oxygen atoms in total. The molecule has 116 valence electrons. The van der Waals surface area contributed by atoms with Crippen LogP contribution in [-0.2, 0) is 11.4 Å². The van der Waals surface area contributed by atoms with Gasteiger partial charge in [-0.05, 0) is 11.6 Å². The topological polar surface area (TPSA) is 75.4 Å². The number of nitrogens with one attached hydrogen (secondary N) is 1. The normalized spacial score (nSPS) is 10.5. The van der Waals surface area contributed by atoms with Crippen LogP contribution in [0.5, 0.6) is 0 Å². The molecule has 23 heavy (non-hydrogen) atoms. The van der Waals surface area contributed by atoms with Crippen LogP contribution < -0.4 is 5.32 Å². The first-order chi connectivity index (χ1) is 11.2. The van der Waals surface area contributed by atoms with Crippen LogP contribution in [0.3, 0.4) is 0 Å². The van der Waals surface area contributed by atoms with Crippen LogP contribution in [0.15, 0.2) is 59.0 Å². The fourth-order valence-electron chi connectivity index (χ4n) is 2.34. The van der Waals surface area contributed by atoms with Crippen LogP contribution in [0.2, 0.25) is 0 Å². The van der Waals surface area contributed by atoms with E-state index < -0.39 is 0 Å². The fourth-order valence-corrected chi connectivity index (χ4v) is 2.34. The number of carbonyl (C=O) groups is 1. The molecular weight excluding hydrogens is 292 g/mol. The van der Waals surface area contributed by atoms with Gasteiger partial charge in [-0.1, -0.05) is 48.5 Å². The largest absolute Gasteiger partial charge is 0.420 e. The average molecular weight is 308 g/mol. The Morgan fingerprint density at radius 3 is 2.52 bits per heavy atom. The zero-order valence-corrected chi connectivity index (χ0v) is 12.6. The second-order valence-electron chi connectivity index (χ2n) is 5.06. The number of carbonyl (C=O) groups excluding carboxylic acids is 1. The number of benzene rings is 2. The summed E-state index contributed by atoms with van der Waals surface area (Å²) in [5.74, 6) is 0.420. The first kappa shape index (κ1) is 15.0. The van der Waals surface area contributed by atoms with Crippen LogP contribution in [0.1, 0.15) is 12.5 Å². The summed E-state index contributed by atoms with van der Waals surface area (Å²) in [6.07, 6.45) is 0. The third-order valence-electron chi connectivity index (χ3n) is 3.38. The molecule has 1 heterocycles. The van der Waals surface area contributed by atoms with Gasteiger partial charge in [-0.15, -0.1) is 0 Å². The van der Waals surface area contributed by atoms with E-state index in [1.54, 1.807) is 6.07 Å². The number of amides is 1. The Balaban J connectivity index is 2.13. The van der Waals surface area contributed by atoms with E-state index in [-0.39, 0.29) is 12.5 Å². The van der Waals surface area contributed by atoms with E-state index in [9.17, 15) is 9.90 Å². The molecule has 0 fully saturated rings. The van der Waals surface area contributed by atoms with E-state index in [0.29, 0.717) is 28.6 Å². The summed E-state index contributed by atoms with van der Waals surface area (Å²) >= 11 is 0. The van der Waals surface area contributed by atoms with Gasteiger partial charge in [0.25, 0.3) is 0 Å². The van der Waals surface area contributed by atoms with Gasteiger partial charge >= 0.3 is 0 Å². The molecule has 0 unspecified atom stereocenters. The molecule has 0 atom stereocenters. The van der Waals surface area contributed by atoms with Crippen LogP contribution >= 0.6 is 0 Å². The molecule has 0 aliphatic heterocycles. The van der Waals surface area contributed by atoms with Crippen molar-refractivity contribution in [3.63, 3.8) is 0 Å². The van der Waals surface area contributed by atoms with E-state index >= 15 is 0 Å². The van der Waals surface area contributed by atoms with Gasteiger partial charge in [0.05, 0.1) is 6.61 Å². The standard InChI is InChI=1S/C18H16N2O3/c1-12(22)19-18-16(13-7-3-2-4-8-13)20-17(23-18)15-10-6-5-9-14(15)11-21/h2-10,21H,11H2,1H3,(H,19,22). The number of hydrogen-bond donors (Lipinski definition) is 2. The van der Waals surface area contributed by atoms with Gasteiger partial charge in [0.2, 0.25) is 17.7 Å². The number of aliphatic hydroxyl groups is 1. The Labute approximate surface area is 133 Å². The van der Waals surface area contributed by atoms with Crippen molar-refractivity contribution in [2.75, 3.05) is 5.32 Å². The van der Waals surface area contributed by atoms with Crippen LogP contribution in [0.25, 0.3) is 22.7 Å². The van der Waals surface area contributed by atoms with E-state index in [1.165, 1.54) is 6.92 Å². The number of nitrogens with zero attached hydrogens (tertiary/aromatic N) is 1. The van der Waals surface area contributed by atoms with Crippen LogP contribution in [-0.4, -0.2) is 16.0 Å². The highest BCUT2D eigenvalue weighted by atomic mass is 16.4. The maximum absolute atomic E-state index is 11.4. The quantitative estimate of drug-likeness (QED) is 0.774. The zero-order chi connectivity index (χ0) is 16.2. The summed E-state index contributed by atoms with van der Waals surface area (Å²) in [6.45, 7) is 1.30. The Bertz CT molecular complexity index is 825. The van der Waals surface area contributed by atoms with Gasteiger partial charge in [0, 0.05) is 18.1 Å². The molecule has 3 aromatic rings. The fraction of sp³-hybridized carbons (Fsp3) is 0.111. The lowest BCUT2D eigenvalue weighted by molar-refractivity contribution is -0.114. The molecule has 0 bridgehead atoms. The summed E-state index contributed by atoms with van der Waals surface area (Å²) in [6, 6.07) is 16.8. The van der Waals surface area contributed by atoms with Crippen molar-refractivity contribution in [1.82, 2.24) is 4.98 Å². The van der Waals surface area contributed by atoms with Crippen molar-refractivity contribution in [3.8, 4) is 22.7 Å². The van der Waals surface area contributed by atoms with Crippen molar-refractivity contribution in [2.45, 2.75) is 13.5 Å². The summed E-state index contributed by atoms with van der Waals surface area (Å²) in [5, 5.41) is 12.1. The molecule has 5 heteroatoms. The number of anilines is 1. The molecule has 0 aliphatic carbocycles. The number of rotatable bonds is 4. The lowest BCUT2D eigenvalue weighted by Gasteiger charge is -2.02. The van der Waals surface area contributed by atoms with Gasteiger partial charge in [0.1, 0.15) is 5.69 Å². The first-order valence-electron chi connectivity index (χ1n) is 7.22. The predicted octanol–water partition coefficient (Wildman–Crippen LogP) is 3.46. The van der Waals surface area contributed by atoms with Crippen molar-refractivity contribution in [2.24, 2.45) is 0 Å². The number of aromatic nitrogens is 1. The molecule has 1 amide bonds. The third-order valence-corrected chi connectivity index (χ3v) is 3.38. The molecule has 2 N–H and O–H groups in total. The number of hydrogen-bond acceptors (Lipinski definition) is 4. The summed E-state index contributed by atoms with van der Waals surface area (Å²) in [5.41, 5.74) is 2.81. The molecule has 2 aromatic carbocycles. The first-order valence-corrected chi connectivity index (χ1v) is 7.22. The summed E-state index contributed by atoms with van der Waals surface area (Å²) < 4.78 is 5.75. The lowest BCUT2D eigenvalue weighted by atomic mass is 10.1. The Morgan fingerprint density at radius 2 is 1.83 bits per heavy atom. The second-order valence-corrected chi connectivity index (χ2v) is 5.06. The Morgan fingerprint density at radius 1 is 1.13 bits per heavy atom. The van der Waals surface area contributed by atoms with E-state index in [4.69, 9.17) is 4.42 Å². The van der Waals surface area contributed by atoms with Gasteiger partial charge in [-0.25, -0.2) is 4.98 Å². The van der Waals surface area contributed by atoms with E-state index in [0.717, 1.165) is 5.56 Å². The minimum Gasteiger partial charge on any atom is -0.420 e. The maximum atomic E-state index is 11.4. The molecule has 0 aliphatic rings. The van der Waals surface area contributed by atoms with Gasteiger partial charge in [-0.3, -0.25) is 10.1 Å². The van der Waals surface area contributed by atoms with Crippen molar-refractivity contribution in [3.05, 3.63) is 60.2 Å². The van der Waals surface area contributed by atoms with Crippen LogP contribution in [0, 0.1) is 0 Å². The minimum atomic E-state index is -0.236. The Kier molecular flexibility index (Phi) is 4.21. The van der Waals surface area contributed by atoms with Crippen molar-refractivity contribution >= 4 is 11.8 Å². The summed E-state index contributed by atoms with van der Waals surface area (Å²) in [4.78, 5) is 15.9. The monoisotopic (exact) mass is 308 g/mol. The van der Waals surface area contributed by atoms with Crippen LogP contribution in [0.4, 0.5) is 5.88 Å². The van der Waals surface area contributed by atoms with Gasteiger partial charge in [-0.2, -0.15) is 0 Å². The maximum Gasteiger partial charge on any atom is 0.229 e.